The molecule has 2 aromatic carbocycles. The molecule has 0 bridgehead atoms. The minimum atomic E-state index is 0.276. The molecular formula is C16H19N. The zero-order valence-corrected chi connectivity index (χ0v) is 10.4. The van der Waals surface area contributed by atoms with Crippen LogP contribution in [0.5, 0.6) is 0 Å². The second kappa shape index (κ2) is 3.85. The van der Waals surface area contributed by atoms with Crippen LogP contribution in [-0.4, -0.2) is 6.54 Å². The van der Waals surface area contributed by atoms with Crippen molar-refractivity contribution in [1.29, 1.82) is 0 Å². The molecule has 2 N–H and O–H groups in total. The van der Waals surface area contributed by atoms with Crippen LogP contribution < -0.4 is 5.73 Å². The predicted molar refractivity (Wildman–Crippen MR) is 73.3 cm³/mol. The molecule has 1 aliphatic carbocycles. The highest BCUT2D eigenvalue weighted by atomic mass is 14.6. The van der Waals surface area contributed by atoms with Crippen molar-refractivity contribution in [1.82, 2.24) is 0 Å². The van der Waals surface area contributed by atoms with Gasteiger partial charge in [0.05, 0.1) is 0 Å². The van der Waals surface area contributed by atoms with Crippen LogP contribution in [0.3, 0.4) is 0 Å². The largest absolute Gasteiger partial charge is 0.330 e. The molecule has 0 amide bonds. The van der Waals surface area contributed by atoms with Crippen LogP contribution in [0.2, 0.25) is 0 Å². The number of fused-ring (bicyclic) bond motifs is 1. The Bertz CT molecular complexity index is 547. The zero-order chi connectivity index (χ0) is 11.9. The molecule has 17 heavy (non-hydrogen) atoms. The molecule has 1 saturated carbocycles. The van der Waals surface area contributed by atoms with E-state index in [4.69, 9.17) is 5.73 Å². The summed E-state index contributed by atoms with van der Waals surface area (Å²) in [5, 5.41) is 2.71. The molecule has 0 aromatic heterocycles. The number of aryl methyl sites for hydroxylation is 1. The Kier molecular flexibility index (Phi) is 2.44. The summed E-state index contributed by atoms with van der Waals surface area (Å²) in [5.74, 6) is 0. The lowest BCUT2D eigenvalue weighted by atomic mass is 9.64. The lowest BCUT2D eigenvalue weighted by Crippen LogP contribution is -2.41. The normalized spacial score (nSPS) is 18.0. The number of hydrogen-bond donors (Lipinski definition) is 1. The molecule has 1 heteroatoms. The molecule has 88 valence electrons. The molecule has 0 unspecified atom stereocenters. The van der Waals surface area contributed by atoms with Crippen molar-refractivity contribution >= 4 is 10.8 Å². The van der Waals surface area contributed by atoms with Crippen molar-refractivity contribution in [3.63, 3.8) is 0 Å². The van der Waals surface area contributed by atoms with Crippen molar-refractivity contribution in [2.45, 2.75) is 31.6 Å². The van der Waals surface area contributed by atoms with E-state index in [1.54, 1.807) is 0 Å². The quantitative estimate of drug-likeness (QED) is 0.831. The maximum Gasteiger partial charge on any atom is 0.00758 e. The van der Waals surface area contributed by atoms with E-state index in [1.807, 2.05) is 0 Å². The first kappa shape index (κ1) is 10.8. The van der Waals surface area contributed by atoms with Gasteiger partial charge in [0.25, 0.3) is 0 Å². The number of hydrogen-bond acceptors (Lipinski definition) is 1. The van der Waals surface area contributed by atoms with Crippen LogP contribution in [-0.2, 0) is 5.41 Å². The number of benzene rings is 2. The minimum Gasteiger partial charge on any atom is -0.330 e. The number of rotatable bonds is 2. The van der Waals surface area contributed by atoms with Crippen molar-refractivity contribution < 1.29 is 0 Å². The summed E-state index contributed by atoms with van der Waals surface area (Å²) in [6.45, 7) is 2.95. The average Bonchev–Trinajstić information content (AvgIpc) is 2.28. The Morgan fingerprint density at radius 3 is 2.65 bits per heavy atom. The molecular weight excluding hydrogens is 206 g/mol. The summed E-state index contributed by atoms with van der Waals surface area (Å²) < 4.78 is 0. The molecule has 2 aromatic rings. The molecule has 0 radical (unpaired) electrons. The molecule has 1 nitrogen and oxygen atoms in total. The smallest absolute Gasteiger partial charge is 0.00758 e. The van der Waals surface area contributed by atoms with Crippen molar-refractivity contribution in [3.05, 3.63) is 47.5 Å². The number of nitrogens with two attached hydrogens (primary N) is 1. The summed E-state index contributed by atoms with van der Waals surface area (Å²) in [6, 6.07) is 13.4. The second-order valence-electron chi connectivity index (χ2n) is 5.35. The molecule has 0 saturated heterocycles. The van der Waals surface area contributed by atoms with Crippen LogP contribution in [0, 0.1) is 6.92 Å². The first-order chi connectivity index (χ1) is 8.25. The van der Waals surface area contributed by atoms with E-state index in [2.05, 4.69) is 43.3 Å². The van der Waals surface area contributed by atoms with Gasteiger partial charge in [0.2, 0.25) is 0 Å². The van der Waals surface area contributed by atoms with Crippen LogP contribution in [0.25, 0.3) is 10.8 Å². The zero-order valence-electron chi connectivity index (χ0n) is 10.4. The van der Waals surface area contributed by atoms with Gasteiger partial charge in [-0.1, -0.05) is 42.8 Å². The summed E-state index contributed by atoms with van der Waals surface area (Å²) in [7, 11) is 0. The molecule has 0 atom stereocenters. The molecule has 3 rings (SSSR count). The Hall–Kier alpha value is -1.34. The van der Waals surface area contributed by atoms with Crippen molar-refractivity contribution in [2.75, 3.05) is 6.54 Å². The van der Waals surface area contributed by atoms with Gasteiger partial charge in [0.1, 0.15) is 0 Å². The van der Waals surface area contributed by atoms with E-state index in [0.717, 1.165) is 6.54 Å². The summed E-state index contributed by atoms with van der Waals surface area (Å²) >= 11 is 0. The van der Waals surface area contributed by atoms with E-state index >= 15 is 0 Å². The highest BCUT2D eigenvalue weighted by Gasteiger charge is 2.37. The monoisotopic (exact) mass is 225 g/mol. The summed E-state index contributed by atoms with van der Waals surface area (Å²) in [5.41, 5.74) is 9.04. The standard InChI is InChI=1S/C16H19N/c1-12-4-2-5-13-10-14(6-7-15(12)13)16(11-17)8-3-9-16/h2,4-7,10H,3,8-9,11,17H2,1H3. The Balaban J connectivity index is 2.14. The Labute approximate surface area is 103 Å². The van der Waals surface area contributed by atoms with Gasteiger partial charge in [-0.3, -0.25) is 0 Å². The van der Waals surface area contributed by atoms with Crippen molar-refractivity contribution in [3.8, 4) is 0 Å². The molecule has 0 spiro atoms. The highest BCUT2D eigenvalue weighted by Crippen LogP contribution is 2.43. The molecule has 1 fully saturated rings. The van der Waals surface area contributed by atoms with E-state index in [0.29, 0.717) is 0 Å². The third-order valence-corrected chi connectivity index (χ3v) is 4.41. The Morgan fingerprint density at radius 1 is 1.18 bits per heavy atom. The Morgan fingerprint density at radius 2 is 2.00 bits per heavy atom. The maximum atomic E-state index is 5.97. The van der Waals surface area contributed by atoms with Gasteiger partial charge >= 0.3 is 0 Å². The fourth-order valence-electron chi connectivity index (χ4n) is 2.99. The summed E-state index contributed by atoms with van der Waals surface area (Å²) in [4.78, 5) is 0. The van der Waals surface area contributed by atoms with Crippen LogP contribution in [0.15, 0.2) is 36.4 Å². The maximum absolute atomic E-state index is 5.97. The van der Waals surface area contributed by atoms with E-state index in [9.17, 15) is 0 Å². The fraction of sp³-hybridized carbons (Fsp3) is 0.375. The first-order valence-electron chi connectivity index (χ1n) is 6.45. The minimum absolute atomic E-state index is 0.276. The molecule has 0 heterocycles. The topological polar surface area (TPSA) is 26.0 Å². The van der Waals surface area contributed by atoms with Gasteiger partial charge in [-0.2, -0.15) is 0 Å². The van der Waals surface area contributed by atoms with Gasteiger partial charge in [-0.25, -0.2) is 0 Å². The lowest BCUT2D eigenvalue weighted by molar-refractivity contribution is 0.253. The van der Waals surface area contributed by atoms with Crippen LogP contribution >= 0.6 is 0 Å². The van der Waals surface area contributed by atoms with Gasteiger partial charge in [0, 0.05) is 12.0 Å². The fourth-order valence-corrected chi connectivity index (χ4v) is 2.99. The van der Waals surface area contributed by atoms with E-state index < -0.39 is 0 Å². The van der Waals surface area contributed by atoms with E-state index in [1.165, 1.54) is 41.2 Å². The third-order valence-electron chi connectivity index (χ3n) is 4.41. The molecule has 0 aliphatic heterocycles. The predicted octanol–water partition coefficient (Wildman–Crippen LogP) is 3.53. The van der Waals surface area contributed by atoms with Crippen LogP contribution in [0.1, 0.15) is 30.4 Å². The highest BCUT2D eigenvalue weighted by molar-refractivity contribution is 5.86. The van der Waals surface area contributed by atoms with Gasteiger partial charge < -0.3 is 5.73 Å². The first-order valence-corrected chi connectivity index (χ1v) is 6.45. The average molecular weight is 225 g/mol. The second-order valence-corrected chi connectivity index (χ2v) is 5.35. The van der Waals surface area contributed by atoms with Gasteiger partial charge in [0.15, 0.2) is 0 Å². The van der Waals surface area contributed by atoms with Crippen LogP contribution in [0.4, 0.5) is 0 Å². The lowest BCUT2D eigenvalue weighted by Gasteiger charge is -2.41. The van der Waals surface area contributed by atoms with Gasteiger partial charge in [-0.15, -0.1) is 0 Å². The van der Waals surface area contributed by atoms with E-state index in [-0.39, 0.29) is 5.41 Å². The summed E-state index contributed by atoms with van der Waals surface area (Å²) in [6.07, 6.45) is 3.82. The SMILES string of the molecule is Cc1cccc2cc(C3(CN)CCC3)ccc12. The molecule has 1 aliphatic rings. The van der Waals surface area contributed by atoms with Crippen molar-refractivity contribution in [2.24, 2.45) is 5.73 Å². The third kappa shape index (κ3) is 1.57. The van der Waals surface area contributed by atoms with Gasteiger partial charge in [-0.05, 0) is 41.7 Å².